The molecule has 0 saturated carbocycles. The summed E-state index contributed by atoms with van der Waals surface area (Å²) in [5.41, 5.74) is 4.93. The average Bonchev–Trinajstić information content (AvgIpc) is 2.34. The number of carbonyl (C=O) groups excluding carboxylic acids is 1. The Balaban J connectivity index is 2.35. The molecule has 0 aliphatic carbocycles. The number of nitrogens with one attached hydrogen (secondary N) is 1. The monoisotopic (exact) mass is 139 g/mol. The molecule has 0 fully saturated rings. The number of amides is 1. The molecule has 4 nitrogen and oxygen atoms in total. The minimum atomic E-state index is -0.295. The highest BCUT2D eigenvalue weighted by molar-refractivity contribution is 5.73. The third-order valence-electron chi connectivity index (χ3n) is 1.16. The lowest BCUT2D eigenvalue weighted by Crippen LogP contribution is -2.11. The topological polar surface area (TPSA) is 71.8 Å². The summed E-state index contributed by atoms with van der Waals surface area (Å²) in [6.07, 6.45) is 4.32. The van der Waals surface area contributed by atoms with Crippen LogP contribution in [0.15, 0.2) is 12.4 Å². The van der Waals surface area contributed by atoms with Crippen molar-refractivity contribution in [2.75, 3.05) is 0 Å². The van der Waals surface area contributed by atoms with Gasteiger partial charge in [0.2, 0.25) is 5.91 Å². The molecule has 1 rings (SSSR count). The molecule has 54 valence electrons. The standard InChI is InChI=1S/C6H9N3O/c7-5(10)1-2-6-8-3-4-9-6/h3-4H,1-2H2,(H2,7,10)(H,8,9). The number of aryl methyl sites for hydroxylation is 1. The zero-order valence-corrected chi connectivity index (χ0v) is 5.50. The lowest BCUT2D eigenvalue weighted by molar-refractivity contribution is -0.118. The number of rotatable bonds is 3. The van der Waals surface area contributed by atoms with Crippen LogP contribution in [0.3, 0.4) is 0 Å². The summed E-state index contributed by atoms with van der Waals surface area (Å²) in [5.74, 6) is 0.509. The summed E-state index contributed by atoms with van der Waals surface area (Å²) in [4.78, 5) is 17.1. The van der Waals surface area contributed by atoms with Gasteiger partial charge in [0.05, 0.1) is 0 Å². The van der Waals surface area contributed by atoms with E-state index in [0.29, 0.717) is 12.8 Å². The van der Waals surface area contributed by atoms with Crippen LogP contribution in [0.2, 0.25) is 0 Å². The summed E-state index contributed by atoms with van der Waals surface area (Å²) in [7, 11) is 0. The van der Waals surface area contributed by atoms with Crippen molar-refractivity contribution in [1.82, 2.24) is 9.97 Å². The van der Waals surface area contributed by atoms with Crippen molar-refractivity contribution >= 4 is 5.91 Å². The maximum absolute atomic E-state index is 10.3. The van der Waals surface area contributed by atoms with E-state index < -0.39 is 0 Å². The van der Waals surface area contributed by atoms with Crippen molar-refractivity contribution in [2.45, 2.75) is 12.8 Å². The number of carbonyl (C=O) groups is 1. The maximum Gasteiger partial charge on any atom is 0.217 e. The van der Waals surface area contributed by atoms with Gasteiger partial charge in [0.25, 0.3) is 0 Å². The fourth-order valence-corrected chi connectivity index (χ4v) is 0.676. The van der Waals surface area contributed by atoms with Gasteiger partial charge in [0.1, 0.15) is 5.82 Å². The Bertz CT molecular complexity index is 205. The molecule has 4 heteroatoms. The van der Waals surface area contributed by atoms with Gasteiger partial charge in [0, 0.05) is 25.2 Å². The minimum absolute atomic E-state index is 0.295. The Morgan fingerprint density at radius 2 is 2.60 bits per heavy atom. The maximum atomic E-state index is 10.3. The Hall–Kier alpha value is -1.32. The number of imidazole rings is 1. The molecule has 0 saturated heterocycles. The second-order valence-electron chi connectivity index (χ2n) is 2.00. The van der Waals surface area contributed by atoms with Crippen LogP contribution < -0.4 is 5.73 Å². The molecule has 0 spiro atoms. The molecular formula is C6H9N3O. The van der Waals surface area contributed by atoms with Crippen LogP contribution in [0.25, 0.3) is 0 Å². The van der Waals surface area contributed by atoms with Crippen LogP contribution in [0.5, 0.6) is 0 Å². The molecule has 0 aliphatic rings. The summed E-state index contributed by atoms with van der Waals surface area (Å²) < 4.78 is 0. The number of hydrogen-bond acceptors (Lipinski definition) is 2. The number of nitrogens with two attached hydrogens (primary N) is 1. The molecule has 3 N–H and O–H groups in total. The zero-order valence-electron chi connectivity index (χ0n) is 5.50. The molecule has 0 bridgehead atoms. The summed E-state index contributed by atoms with van der Waals surface area (Å²) >= 11 is 0. The molecule has 10 heavy (non-hydrogen) atoms. The Morgan fingerprint density at radius 1 is 1.80 bits per heavy atom. The Morgan fingerprint density at radius 3 is 3.10 bits per heavy atom. The molecule has 1 heterocycles. The van der Waals surface area contributed by atoms with E-state index >= 15 is 0 Å². The smallest absolute Gasteiger partial charge is 0.217 e. The van der Waals surface area contributed by atoms with E-state index in [1.165, 1.54) is 0 Å². The van der Waals surface area contributed by atoms with Gasteiger partial charge in [-0.25, -0.2) is 4.98 Å². The normalized spacial score (nSPS) is 9.60. The number of hydrogen-bond donors (Lipinski definition) is 2. The van der Waals surface area contributed by atoms with Gasteiger partial charge < -0.3 is 10.7 Å². The number of nitrogens with zero attached hydrogens (tertiary/aromatic N) is 1. The number of primary amides is 1. The number of aromatic amines is 1. The molecule has 0 aliphatic heterocycles. The SMILES string of the molecule is NC(=O)CCc1ncc[nH]1. The average molecular weight is 139 g/mol. The molecular weight excluding hydrogens is 130 g/mol. The fourth-order valence-electron chi connectivity index (χ4n) is 0.676. The van der Waals surface area contributed by atoms with Crippen LogP contribution in [0.4, 0.5) is 0 Å². The van der Waals surface area contributed by atoms with E-state index in [1.54, 1.807) is 12.4 Å². The summed E-state index contributed by atoms with van der Waals surface area (Å²) in [6, 6.07) is 0. The first-order chi connectivity index (χ1) is 4.79. The second-order valence-corrected chi connectivity index (χ2v) is 2.00. The third-order valence-corrected chi connectivity index (χ3v) is 1.16. The summed E-state index contributed by atoms with van der Waals surface area (Å²) in [6.45, 7) is 0. The first-order valence-electron chi connectivity index (χ1n) is 3.05. The van der Waals surface area contributed by atoms with Gasteiger partial charge in [-0.15, -0.1) is 0 Å². The Labute approximate surface area is 58.5 Å². The van der Waals surface area contributed by atoms with E-state index in [1.807, 2.05) is 0 Å². The van der Waals surface area contributed by atoms with Crippen LogP contribution in [-0.2, 0) is 11.2 Å². The van der Waals surface area contributed by atoms with Crippen molar-refractivity contribution in [1.29, 1.82) is 0 Å². The Kier molecular flexibility index (Phi) is 2.04. The van der Waals surface area contributed by atoms with Crippen LogP contribution in [0.1, 0.15) is 12.2 Å². The second kappa shape index (κ2) is 3.00. The van der Waals surface area contributed by atoms with Gasteiger partial charge in [-0.05, 0) is 0 Å². The van der Waals surface area contributed by atoms with E-state index in [9.17, 15) is 4.79 Å². The first kappa shape index (κ1) is 6.80. The molecule has 1 amide bonds. The molecule has 0 aromatic carbocycles. The molecule has 0 atom stereocenters. The van der Waals surface area contributed by atoms with E-state index in [-0.39, 0.29) is 5.91 Å². The zero-order chi connectivity index (χ0) is 7.40. The number of aromatic nitrogens is 2. The van der Waals surface area contributed by atoms with Crippen LogP contribution >= 0.6 is 0 Å². The van der Waals surface area contributed by atoms with Crippen LogP contribution in [-0.4, -0.2) is 15.9 Å². The van der Waals surface area contributed by atoms with Crippen molar-refractivity contribution in [2.24, 2.45) is 5.73 Å². The number of H-pyrrole nitrogens is 1. The van der Waals surface area contributed by atoms with Gasteiger partial charge in [0.15, 0.2) is 0 Å². The van der Waals surface area contributed by atoms with Gasteiger partial charge >= 0.3 is 0 Å². The molecule has 1 aromatic rings. The van der Waals surface area contributed by atoms with Crippen molar-refractivity contribution in [3.8, 4) is 0 Å². The fraction of sp³-hybridized carbons (Fsp3) is 0.333. The minimum Gasteiger partial charge on any atom is -0.370 e. The van der Waals surface area contributed by atoms with E-state index in [4.69, 9.17) is 5.73 Å². The highest BCUT2D eigenvalue weighted by Gasteiger charge is 1.97. The lowest BCUT2D eigenvalue weighted by Gasteiger charge is -1.90. The lowest BCUT2D eigenvalue weighted by atomic mass is 10.3. The van der Waals surface area contributed by atoms with E-state index in [0.717, 1.165) is 5.82 Å². The first-order valence-corrected chi connectivity index (χ1v) is 3.05. The van der Waals surface area contributed by atoms with E-state index in [2.05, 4.69) is 9.97 Å². The predicted molar refractivity (Wildman–Crippen MR) is 36.1 cm³/mol. The quantitative estimate of drug-likeness (QED) is 0.610. The van der Waals surface area contributed by atoms with Crippen molar-refractivity contribution < 1.29 is 4.79 Å². The van der Waals surface area contributed by atoms with Gasteiger partial charge in [-0.1, -0.05) is 0 Å². The molecule has 0 unspecified atom stereocenters. The third kappa shape index (κ3) is 1.89. The highest BCUT2D eigenvalue weighted by atomic mass is 16.1. The van der Waals surface area contributed by atoms with Gasteiger partial charge in [-0.2, -0.15) is 0 Å². The van der Waals surface area contributed by atoms with Crippen molar-refractivity contribution in [3.63, 3.8) is 0 Å². The van der Waals surface area contributed by atoms with Crippen LogP contribution in [0, 0.1) is 0 Å². The predicted octanol–water partition coefficient (Wildman–Crippen LogP) is -0.172. The molecule has 1 aromatic heterocycles. The largest absolute Gasteiger partial charge is 0.370 e. The molecule has 0 radical (unpaired) electrons. The van der Waals surface area contributed by atoms with Gasteiger partial charge in [-0.3, -0.25) is 4.79 Å². The highest BCUT2D eigenvalue weighted by Crippen LogP contribution is 1.92. The summed E-state index contributed by atoms with van der Waals surface area (Å²) in [5, 5.41) is 0. The van der Waals surface area contributed by atoms with Crippen molar-refractivity contribution in [3.05, 3.63) is 18.2 Å².